The fourth-order valence-electron chi connectivity index (χ4n) is 2.01. The molecule has 94 valence electrons. The molecule has 0 aliphatic carbocycles. The molecule has 17 heavy (non-hydrogen) atoms. The van der Waals surface area contributed by atoms with Crippen molar-refractivity contribution in [2.24, 2.45) is 5.92 Å². The summed E-state index contributed by atoms with van der Waals surface area (Å²) in [5, 5.41) is 10.2. The minimum Gasteiger partial charge on any atom is -0.489 e. The fraction of sp³-hybridized carbons (Fsp3) is 0.615. The molecule has 1 saturated heterocycles. The Morgan fingerprint density at radius 1 is 1.47 bits per heavy atom. The summed E-state index contributed by atoms with van der Waals surface area (Å²) in [6.07, 6.45) is 3.85. The van der Waals surface area contributed by atoms with Gasteiger partial charge in [0.05, 0.1) is 25.0 Å². The Morgan fingerprint density at radius 2 is 2.29 bits per heavy atom. The van der Waals surface area contributed by atoms with Crippen molar-refractivity contribution in [1.82, 2.24) is 4.98 Å². The van der Waals surface area contributed by atoms with Crippen LogP contribution < -0.4 is 4.74 Å². The number of aliphatic hydroxyl groups excluding tert-OH is 1. The average molecular weight is 237 g/mol. The molecule has 2 atom stereocenters. The highest BCUT2D eigenvalue weighted by Gasteiger charge is 2.25. The van der Waals surface area contributed by atoms with Gasteiger partial charge in [-0.25, -0.2) is 0 Å². The van der Waals surface area contributed by atoms with E-state index < -0.39 is 6.10 Å². The number of hydrogen-bond donors (Lipinski definition) is 1. The third-order valence-electron chi connectivity index (χ3n) is 2.86. The van der Waals surface area contributed by atoms with E-state index in [9.17, 15) is 5.11 Å². The highest BCUT2D eigenvalue weighted by Crippen LogP contribution is 2.29. The van der Waals surface area contributed by atoms with Crippen molar-refractivity contribution in [3.63, 3.8) is 0 Å². The number of hydrogen-bond acceptors (Lipinski definition) is 4. The van der Waals surface area contributed by atoms with Gasteiger partial charge in [0.2, 0.25) is 0 Å². The molecular formula is C13H19NO3. The van der Waals surface area contributed by atoms with Crippen LogP contribution in [0.5, 0.6) is 5.75 Å². The molecule has 4 heteroatoms. The molecule has 1 fully saturated rings. The fourth-order valence-corrected chi connectivity index (χ4v) is 2.01. The number of rotatable bonds is 4. The van der Waals surface area contributed by atoms with Crippen LogP contribution in [0.1, 0.15) is 31.9 Å². The Balaban J connectivity index is 2.09. The van der Waals surface area contributed by atoms with E-state index in [4.69, 9.17) is 9.47 Å². The van der Waals surface area contributed by atoms with Crippen LogP contribution in [-0.2, 0) is 4.74 Å². The minimum atomic E-state index is -0.513. The first-order valence-corrected chi connectivity index (χ1v) is 6.04. The third-order valence-corrected chi connectivity index (χ3v) is 2.86. The van der Waals surface area contributed by atoms with Crippen molar-refractivity contribution < 1.29 is 14.6 Å². The predicted molar refractivity (Wildman–Crippen MR) is 63.9 cm³/mol. The topological polar surface area (TPSA) is 51.6 Å². The van der Waals surface area contributed by atoms with E-state index in [1.807, 2.05) is 19.9 Å². The second kappa shape index (κ2) is 5.47. The third kappa shape index (κ3) is 3.17. The molecule has 0 radical (unpaired) electrons. The van der Waals surface area contributed by atoms with Gasteiger partial charge in [-0.15, -0.1) is 0 Å². The molecule has 1 aliphatic rings. The lowest BCUT2D eigenvalue weighted by atomic mass is 9.96. The van der Waals surface area contributed by atoms with Crippen LogP contribution >= 0.6 is 0 Å². The SMILES string of the molecule is CC(C)Oc1cncc(C(O)C2CCOC2)c1. The van der Waals surface area contributed by atoms with Gasteiger partial charge in [0.1, 0.15) is 5.75 Å². The maximum atomic E-state index is 10.2. The molecule has 1 aliphatic heterocycles. The van der Waals surface area contributed by atoms with Crippen molar-refractivity contribution in [2.45, 2.75) is 32.5 Å². The van der Waals surface area contributed by atoms with Crippen molar-refractivity contribution in [2.75, 3.05) is 13.2 Å². The van der Waals surface area contributed by atoms with Gasteiger partial charge in [0, 0.05) is 24.3 Å². The lowest BCUT2D eigenvalue weighted by Gasteiger charge is -2.17. The Bertz CT molecular complexity index is 361. The molecule has 2 rings (SSSR count). The standard InChI is InChI=1S/C13H19NO3/c1-9(2)17-12-5-11(6-14-7-12)13(15)10-3-4-16-8-10/h5-7,9-10,13,15H,3-4,8H2,1-2H3. The first kappa shape index (κ1) is 12.3. The molecule has 0 aromatic carbocycles. The summed E-state index contributed by atoms with van der Waals surface area (Å²) in [7, 11) is 0. The lowest BCUT2D eigenvalue weighted by molar-refractivity contribution is 0.0911. The van der Waals surface area contributed by atoms with Crippen LogP contribution in [0.25, 0.3) is 0 Å². The van der Waals surface area contributed by atoms with E-state index in [-0.39, 0.29) is 12.0 Å². The van der Waals surface area contributed by atoms with Gasteiger partial charge in [0.25, 0.3) is 0 Å². The number of nitrogens with zero attached hydrogens (tertiary/aromatic N) is 1. The lowest BCUT2D eigenvalue weighted by Crippen LogP contribution is -2.13. The van der Waals surface area contributed by atoms with Crippen LogP contribution in [0, 0.1) is 5.92 Å². The number of aromatic nitrogens is 1. The van der Waals surface area contributed by atoms with Gasteiger partial charge < -0.3 is 14.6 Å². The van der Waals surface area contributed by atoms with Crippen LogP contribution in [0.3, 0.4) is 0 Å². The molecule has 1 aromatic heterocycles. The Morgan fingerprint density at radius 3 is 2.94 bits per heavy atom. The van der Waals surface area contributed by atoms with Gasteiger partial charge in [-0.1, -0.05) is 0 Å². The molecule has 1 N–H and O–H groups in total. The van der Waals surface area contributed by atoms with Crippen LogP contribution in [0.15, 0.2) is 18.5 Å². The Hall–Kier alpha value is -1.13. The van der Waals surface area contributed by atoms with E-state index in [0.29, 0.717) is 12.4 Å². The van der Waals surface area contributed by atoms with Gasteiger partial charge in [-0.3, -0.25) is 4.98 Å². The largest absolute Gasteiger partial charge is 0.489 e. The molecule has 0 spiro atoms. The number of aliphatic hydroxyl groups is 1. The summed E-state index contributed by atoms with van der Waals surface area (Å²) >= 11 is 0. The molecule has 1 aromatic rings. The van der Waals surface area contributed by atoms with E-state index in [2.05, 4.69) is 4.98 Å². The summed E-state index contributed by atoms with van der Waals surface area (Å²) in [6, 6.07) is 1.86. The second-order valence-electron chi connectivity index (χ2n) is 4.69. The summed E-state index contributed by atoms with van der Waals surface area (Å²) < 4.78 is 10.8. The summed E-state index contributed by atoms with van der Waals surface area (Å²) in [5.41, 5.74) is 0.804. The van der Waals surface area contributed by atoms with Gasteiger partial charge in [0.15, 0.2) is 0 Å². The number of pyridine rings is 1. The van der Waals surface area contributed by atoms with E-state index in [0.717, 1.165) is 18.6 Å². The molecular weight excluding hydrogens is 218 g/mol. The van der Waals surface area contributed by atoms with Crippen molar-refractivity contribution >= 4 is 0 Å². The summed E-state index contributed by atoms with van der Waals surface area (Å²) in [6.45, 7) is 5.29. The molecule has 2 heterocycles. The van der Waals surface area contributed by atoms with Crippen LogP contribution in [0.4, 0.5) is 0 Å². The van der Waals surface area contributed by atoms with E-state index in [1.165, 1.54) is 0 Å². The Kier molecular flexibility index (Phi) is 3.97. The smallest absolute Gasteiger partial charge is 0.138 e. The Labute approximate surface area is 102 Å². The molecule has 0 bridgehead atoms. The summed E-state index contributed by atoms with van der Waals surface area (Å²) in [5.74, 6) is 0.876. The maximum absolute atomic E-state index is 10.2. The highest BCUT2D eigenvalue weighted by atomic mass is 16.5. The molecule has 0 amide bonds. The zero-order valence-corrected chi connectivity index (χ0v) is 10.3. The quantitative estimate of drug-likeness (QED) is 0.869. The van der Waals surface area contributed by atoms with Crippen molar-refractivity contribution in [3.05, 3.63) is 24.0 Å². The van der Waals surface area contributed by atoms with E-state index >= 15 is 0 Å². The minimum absolute atomic E-state index is 0.110. The van der Waals surface area contributed by atoms with Crippen LogP contribution in [0.2, 0.25) is 0 Å². The predicted octanol–water partition coefficient (Wildman–Crippen LogP) is 1.94. The monoisotopic (exact) mass is 237 g/mol. The normalized spacial score (nSPS) is 21.8. The number of ether oxygens (including phenoxy) is 2. The molecule has 0 saturated carbocycles. The van der Waals surface area contributed by atoms with Crippen LogP contribution in [-0.4, -0.2) is 29.4 Å². The zero-order chi connectivity index (χ0) is 12.3. The molecule has 2 unspecified atom stereocenters. The average Bonchev–Trinajstić information content (AvgIpc) is 2.81. The second-order valence-corrected chi connectivity index (χ2v) is 4.69. The van der Waals surface area contributed by atoms with Crippen molar-refractivity contribution in [1.29, 1.82) is 0 Å². The van der Waals surface area contributed by atoms with E-state index in [1.54, 1.807) is 12.4 Å². The van der Waals surface area contributed by atoms with Crippen molar-refractivity contribution in [3.8, 4) is 5.75 Å². The maximum Gasteiger partial charge on any atom is 0.138 e. The summed E-state index contributed by atoms with van der Waals surface area (Å²) in [4.78, 5) is 4.10. The first-order valence-electron chi connectivity index (χ1n) is 6.04. The highest BCUT2D eigenvalue weighted by molar-refractivity contribution is 5.25. The van der Waals surface area contributed by atoms with Gasteiger partial charge in [-0.2, -0.15) is 0 Å². The van der Waals surface area contributed by atoms with Gasteiger partial charge in [-0.05, 0) is 26.3 Å². The first-order chi connectivity index (χ1) is 8.16. The molecule has 4 nitrogen and oxygen atoms in total. The zero-order valence-electron chi connectivity index (χ0n) is 10.3. The van der Waals surface area contributed by atoms with Gasteiger partial charge >= 0.3 is 0 Å².